The third kappa shape index (κ3) is 2.85. The first kappa shape index (κ1) is 15.4. The second-order valence-corrected chi connectivity index (χ2v) is 7.39. The van der Waals surface area contributed by atoms with Crippen LogP contribution >= 0.6 is 0 Å². The van der Waals surface area contributed by atoms with Crippen molar-refractivity contribution in [3.8, 4) is 0 Å². The average Bonchev–Trinajstić information content (AvgIpc) is 3.02. The number of carbonyl (C=O) groups is 1. The molecule has 2 saturated carbocycles. The zero-order valence-electron chi connectivity index (χ0n) is 14.3. The van der Waals surface area contributed by atoms with Gasteiger partial charge in [0.15, 0.2) is 0 Å². The molecule has 0 radical (unpaired) electrons. The van der Waals surface area contributed by atoms with E-state index in [0.717, 1.165) is 12.8 Å². The smallest absolute Gasteiger partial charge is 0.271 e. The molecule has 24 heavy (non-hydrogen) atoms. The van der Waals surface area contributed by atoms with E-state index in [9.17, 15) is 4.79 Å². The van der Waals surface area contributed by atoms with Crippen molar-refractivity contribution in [1.29, 1.82) is 0 Å². The third-order valence-electron chi connectivity index (χ3n) is 5.75. The van der Waals surface area contributed by atoms with Gasteiger partial charge in [0, 0.05) is 30.6 Å². The molecule has 2 aliphatic rings. The SMILES string of the molecule is Cn1nc(C(=O)NCC2(c3ccccc3)CC2)cc1C1CCCC1. The fourth-order valence-electron chi connectivity index (χ4n) is 4.05. The summed E-state index contributed by atoms with van der Waals surface area (Å²) in [5.41, 5.74) is 3.24. The number of nitrogens with one attached hydrogen (secondary N) is 1. The van der Waals surface area contributed by atoms with E-state index in [4.69, 9.17) is 0 Å². The van der Waals surface area contributed by atoms with Gasteiger partial charge < -0.3 is 5.32 Å². The summed E-state index contributed by atoms with van der Waals surface area (Å²) < 4.78 is 1.90. The molecular formula is C20H25N3O. The van der Waals surface area contributed by atoms with E-state index in [1.165, 1.54) is 36.9 Å². The first-order chi connectivity index (χ1) is 11.7. The van der Waals surface area contributed by atoms with E-state index in [0.29, 0.717) is 18.2 Å². The lowest BCUT2D eigenvalue weighted by Gasteiger charge is -2.16. The molecule has 1 aromatic heterocycles. The molecule has 4 nitrogen and oxygen atoms in total. The normalized spacial score (nSPS) is 19.4. The molecule has 2 aromatic rings. The highest BCUT2D eigenvalue weighted by Gasteiger charge is 2.44. The van der Waals surface area contributed by atoms with Crippen LogP contribution in [0.25, 0.3) is 0 Å². The molecule has 2 fully saturated rings. The Kier molecular flexibility index (Phi) is 3.91. The summed E-state index contributed by atoms with van der Waals surface area (Å²) in [6.45, 7) is 0.700. The molecule has 126 valence electrons. The van der Waals surface area contributed by atoms with Gasteiger partial charge in [0.25, 0.3) is 5.91 Å². The van der Waals surface area contributed by atoms with E-state index < -0.39 is 0 Å². The van der Waals surface area contributed by atoms with Crippen molar-refractivity contribution in [2.24, 2.45) is 7.05 Å². The first-order valence-corrected chi connectivity index (χ1v) is 9.06. The minimum atomic E-state index is -0.0444. The maximum atomic E-state index is 12.5. The predicted octanol–water partition coefficient (Wildman–Crippen LogP) is 3.54. The van der Waals surface area contributed by atoms with Gasteiger partial charge in [0.2, 0.25) is 0 Å². The number of rotatable bonds is 5. The van der Waals surface area contributed by atoms with E-state index in [2.05, 4.69) is 34.7 Å². The fourth-order valence-corrected chi connectivity index (χ4v) is 4.05. The zero-order chi connectivity index (χ0) is 16.6. The van der Waals surface area contributed by atoms with Crippen LogP contribution in [0.5, 0.6) is 0 Å². The maximum absolute atomic E-state index is 12.5. The minimum absolute atomic E-state index is 0.0444. The largest absolute Gasteiger partial charge is 0.350 e. The summed E-state index contributed by atoms with van der Waals surface area (Å²) in [7, 11) is 1.96. The summed E-state index contributed by atoms with van der Waals surface area (Å²) in [6.07, 6.45) is 7.31. The van der Waals surface area contributed by atoms with Gasteiger partial charge >= 0.3 is 0 Å². The Bertz CT molecular complexity index is 725. The Labute approximate surface area is 143 Å². The van der Waals surface area contributed by atoms with Crippen LogP contribution in [-0.2, 0) is 12.5 Å². The number of hydrogen-bond acceptors (Lipinski definition) is 2. The topological polar surface area (TPSA) is 46.9 Å². The molecule has 4 heteroatoms. The Morgan fingerprint density at radius 1 is 1.25 bits per heavy atom. The van der Waals surface area contributed by atoms with Crippen molar-refractivity contribution in [2.45, 2.75) is 49.9 Å². The predicted molar refractivity (Wildman–Crippen MR) is 94.1 cm³/mol. The Morgan fingerprint density at radius 2 is 1.96 bits per heavy atom. The highest BCUT2D eigenvalue weighted by molar-refractivity contribution is 5.92. The average molecular weight is 323 g/mol. The lowest BCUT2D eigenvalue weighted by atomic mass is 9.96. The number of carbonyl (C=O) groups excluding carboxylic acids is 1. The Morgan fingerprint density at radius 3 is 2.62 bits per heavy atom. The molecule has 0 atom stereocenters. The molecule has 1 aromatic carbocycles. The molecule has 1 N–H and O–H groups in total. The van der Waals surface area contributed by atoms with Gasteiger partial charge in [-0.25, -0.2) is 0 Å². The van der Waals surface area contributed by atoms with Gasteiger partial charge in [0.1, 0.15) is 5.69 Å². The van der Waals surface area contributed by atoms with Gasteiger partial charge in [-0.05, 0) is 37.3 Å². The van der Waals surface area contributed by atoms with Crippen molar-refractivity contribution in [1.82, 2.24) is 15.1 Å². The molecule has 1 amide bonds. The number of nitrogens with zero attached hydrogens (tertiary/aromatic N) is 2. The molecule has 0 saturated heterocycles. The van der Waals surface area contributed by atoms with E-state index in [-0.39, 0.29) is 11.3 Å². The number of hydrogen-bond donors (Lipinski definition) is 1. The van der Waals surface area contributed by atoms with Crippen LogP contribution in [0.4, 0.5) is 0 Å². The zero-order valence-corrected chi connectivity index (χ0v) is 14.3. The molecule has 2 aliphatic carbocycles. The molecule has 0 unspecified atom stereocenters. The summed E-state index contributed by atoms with van der Waals surface area (Å²) >= 11 is 0. The quantitative estimate of drug-likeness (QED) is 0.915. The maximum Gasteiger partial charge on any atom is 0.271 e. The van der Waals surface area contributed by atoms with Crippen LogP contribution in [0, 0.1) is 0 Å². The summed E-state index contributed by atoms with van der Waals surface area (Å²) in [5.74, 6) is 0.528. The summed E-state index contributed by atoms with van der Waals surface area (Å²) in [6, 6.07) is 12.5. The van der Waals surface area contributed by atoms with Gasteiger partial charge in [-0.15, -0.1) is 0 Å². The van der Waals surface area contributed by atoms with Crippen molar-refractivity contribution >= 4 is 5.91 Å². The van der Waals surface area contributed by atoms with E-state index >= 15 is 0 Å². The van der Waals surface area contributed by atoms with Crippen molar-refractivity contribution in [3.05, 3.63) is 53.3 Å². The molecule has 0 spiro atoms. The second-order valence-electron chi connectivity index (χ2n) is 7.39. The Balaban J connectivity index is 1.43. The molecule has 0 aliphatic heterocycles. The third-order valence-corrected chi connectivity index (χ3v) is 5.75. The number of aromatic nitrogens is 2. The standard InChI is InChI=1S/C20H25N3O/c1-23-18(15-7-5-6-8-15)13-17(22-23)19(24)21-14-20(11-12-20)16-9-3-2-4-10-16/h2-4,9-10,13,15H,5-8,11-12,14H2,1H3,(H,21,24). The van der Waals surface area contributed by atoms with E-state index in [1.807, 2.05) is 23.9 Å². The van der Waals surface area contributed by atoms with Crippen molar-refractivity contribution < 1.29 is 4.79 Å². The number of amides is 1. The molecule has 0 bridgehead atoms. The van der Waals surface area contributed by atoms with Crippen LogP contribution in [0.3, 0.4) is 0 Å². The lowest BCUT2D eigenvalue weighted by molar-refractivity contribution is 0.0944. The van der Waals surface area contributed by atoms with E-state index in [1.54, 1.807) is 0 Å². The van der Waals surface area contributed by atoms with Gasteiger partial charge in [-0.1, -0.05) is 43.2 Å². The van der Waals surface area contributed by atoms with Crippen LogP contribution in [0.15, 0.2) is 36.4 Å². The van der Waals surface area contributed by atoms with Crippen molar-refractivity contribution in [2.75, 3.05) is 6.54 Å². The number of aryl methyl sites for hydroxylation is 1. The highest BCUT2D eigenvalue weighted by atomic mass is 16.1. The van der Waals surface area contributed by atoms with Gasteiger partial charge in [-0.3, -0.25) is 9.48 Å². The fraction of sp³-hybridized carbons (Fsp3) is 0.500. The summed E-state index contributed by atoms with van der Waals surface area (Å²) in [5, 5.41) is 7.57. The molecule has 4 rings (SSSR count). The monoisotopic (exact) mass is 323 g/mol. The highest BCUT2D eigenvalue weighted by Crippen LogP contribution is 2.47. The van der Waals surface area contributed by atoms with Crippen LogP contribution < -0.4 is 5.32 Å². The molecule has 1 heterocycles. The number of benzene rings is 1. The summed E-state index contributed by atoms with van der Waals surface area (Å²) in [4.78, 5) is 12.5. The second kappa shape index (κ2) is 6.08. The van der Waals surface area contributed by atoms with Gasteiger partial charge in [0.05, 0.1) is 0 Å². The molecular weight excluding hydrogens is 298 g/mol. The van der Waals surface area contributed by atoms with Crippen LogP contribution in [-0.4, -0.2) is 22.2 Å². The lowest BCUT2D eigenvalue weighted by Crippen LogP contribution is -2.32. The first-order valence-electron chi connectivity index (χ1n) is 9.06. The van der Waals surface area contributed by atoms with Crippen LogP contribution in [0.1, 0.15) is 66.2 Å². The van der Waals surface area contributed by atoms with Crippen LogP contribution in [0.2, 0.25) is 0 Å². The van der Waals surface area contributed by atoms with Crippen molar-refractivity contribution in [3.63, 3.8) is 0 Å². The Hall–Kier alpha value is -2.10. The van der Waals surface area contributed by atoms with Gasteiger partial charge in [-0.2, -0.15) is 5.10 Å². The minimum Gasteiger partial charge on any atom is -0.350 e.